The molecular weight excluding hydrogens is 308 g/mol. The molecule has 7 nitrogen and oxygen atoms in total. The number of hydrogen-bond acceptors (Lipinski definition) is 4. The Hall–Kier alpha value is -3.35. The van der Waals surface area contributed by atoms with E-state index in [1.54, 1.807) is 55.5 Å². The number of primary amides is 1. The van der Waals surface area contributed by atoms with Gasteiger partial charge in [0.15, 0.2) is 0 Å². The topological polar surface area (TPSA) is 113 Å². The largest absolute Gasteiger partial charge is 0.374 e. The molecule has 0 aliphatic carbocycles. The van der Waals surface area contributed by atoms with Crippen molar-refractivity contribution in [2.24, 2.45) is 5.73 Å². The highest BCUT2D eigenvalue weighted by Crippen LogP contribution is 2.17. The first-order valence-electron chi connectivity index (χ1n) is 7.29. The van der Waals surface area contributed by atoms with Gasteiger partial charge in [0.05, 0.1) is 0 Å². The summed E-state index contributed by atoms with van der Waals surface area (Å²) in [6.45, 7) is 1.59. The lowest BCUT2D eigenvalue weighted by Gasteiger charge is -2.15. The molecule has 0 bridgehead atoms. The molecule has 24 heavy (non-hydrogen) atoms. The van der Waals surface area contributed by atoms with Crippen LogP contribution in [0.5, 0.6) is 0 Å². The zero-order valence-corrected chi connectivity index (χ0v) is 13.1. The van der Waals surface area contributed by atoms with Gasteiger partial charge in [-0.2, -0.15) is 0 Å². The third kappa shape index (κ3) is 4.84. The minimum atomic E-state index is -0.905. The van der Waals surface area contributed by atoms with Crippen LogP contribution in [0.15, 0.2) is 54.6 Å². The summed E-state index contributed by atoms with van der Waals surface area (Å²) in [6, 6.07) is 14.2. The summed E-state index contributed by atoms with van der Waals surface area (Å²) < 4.78 is 0. The van der Waals surface area contributed by atoms with Crippen LogP contribution in [0.1, 0.15) is 17.3 Å². The van der Waals surface area contributed by atoms with E-state index in [-0.39, 0.29) is 5.91 Å². The smallest absolute Gasteiger partial charge is 0.318 e. The van der Waals surface area contributed by atoms with Gasteiger partial charge in [0.25, 0.3) is 5.91 Å². The van der Waals surface area contributed by atoms with E-state index in [4.69, 9.17) is 5.73 Å². The molecule has 5 N–H and O–H groups in total. The number of carbonyl (C=O) groups is 3. The number of rotatable bonds is 5. The van der Waals surface area contributed by atoms with E-state index in [0.717, 1.165) is 0 Å². The van der Waals surface area contributed by atoms with E-state index in [0.29, 0.717) is 16.9 Å². The molecule has 0 spiro atoms. The fraction of sp³-hybridized carbons (Fsp3) is 0.118. The van der Waals surface area contributed by atoms with Crippen LogP contribution in [-0.2, 0) is 4.79 Å². The van der Waals surface area contributed by atoms with Gasteiger partial charge in [-0.05, 0) is 37.3 Å². The van der Waals surface area contributed by atoms with Crippen LogP contribution in [0.2, 0.25) is 0 Å². The first-order valence-corrected chi connectivity index (χ1v) is 7.29. The summed E-state index contributed by atoms with van der Waals surface area (Å²) in [7, 11) is 0. The normalized spacial score (nSPS) is 11.2. The zero-order chi connectivity index (χ0) is 17.5. The molecule has 4 amide bonds. The van der Waals surface area contributed by atoms with Crippen molar-refractivity contribution < 1.29 is 14.4 Å². The number of urea groups is 1. The SMILES string of the molecule is C[C@H](Nc1cccc(NC(=O)c2ccccc2)c1)C(=O)NC(N)=O. The first kappa shape index (κ1) is 17.0. The molecule has 0 aromatic heterocycles. The van der Waals surface area contributed by atoms with Crippen molar-refractivity contribution in [1.29, 1.82) is 0 Å². The lowest BCUT2D eigenvalue weighted by molar-refractivity contribution is -0.120. The van der Waals surface area contributed by atoms with Crippen LogP contribution >= 0.6 is 0 Å². The molecule has 0 saturated heterocycles. The minimum Gasteiger partial charge on any atom is -0.374 e. The van der Waals surface area contributed by atoms with E-state index < -0.39 is 18.0 Å². The number of anilines is 2. The van der Waals surface area contributed by atoms with Gasteiger partial charge in [-0.25, -0.2) is 4.79 Å². The summed E-state index contributed by atoms with van der Waals surface area (Å²) >= 11 is 0. The maximum atomic E-state index is 12.1. The highest BCUT2D eigenvalue weighted by atomic mass is 16.2. The van der Waals surface area contributed by atoms with Crippen molar-refractivity contribution in [2.75, 3.05) is 10.6 Å². The molecule has 2 aromatic rings. The van der Waals surface area contributed by atoms with Crippen LogP contribution in [0.25, 0.3) is 0 Å². The van der Waals surface area contributed by atoms with Gasteiger partial charge in [-0.3, -0.25) is 14.9 Å². The molecule has 2 rings (SSSR count). The Morgan fingerprint density at radius 1 is 0.958 bits per heavy atom. The summed E-state index contributed by atoms with van der Waals surface area (Å²) in [6.07, 6.45) is 0. The highest BCUT2D eigenvalue weighted by Gasteiger charge is 2.14. The van der Waals surface area contributed by atoms with Gasteiger partial charge >= 0.3 is 6.03 Å². The van der Waals surface area contributed by atoms with E-state index >= 15 is 0 Å². The summed E-state index contributed by atoms with van der Waals surface area (Å²) in [5, 5.41) is 7.71. The summed E-state index contributed by atoms with van der Waals surface area (Å²) in [5.41, 5.74) is 6.66. The van der Waals surface area contributed by atoms with Crippen LogP contribution < -0.4 is 21.7 Å². The van der Waals surface area contributed by atoms with E-state index in [1.165, 1.54) is 0 Å². The molecule has 1 atom stereocenters. The van der Waals surface area contributed by atoms with Crippen molar-refractivity contribution >= 4 is 29.2 Å². The number of amides is 4. The van der Waals surface area contributed by atoms with Gasteiger partial charge in [-0.15, -0.1) is 0 Å². The van der Waals surface area contributed by atoms with Crippen molar-refractivity contribution in [3.05, 3.63) is 60.2 Å². The Kier molecular flexibility index (Phi) is 5.51. The average Bonchev–Trinajstić information content (AvgIpc) is 2.55. The van der Waals surface area contributed by atoms with E-state index in [1.807, 2.05) is 11.4 Å². The number of benzene rings is 2. The van der Waals surface area contributed by atoms with Crippen molar-refractivity contribution in [3.63, 3.8) is 0 Å². The highest BCUT2D eigenvalue weighted by molar-refractivity contribution is 6.04. The third-order valence-corrected chi connectivity index (χ3v) is 3.18. The number of imide groups is 1. The van der Waals surface area contributed by atoms with Gasteiger partial charge in [0.2, 0.25) is 5.91 Å². The Morgan fingerprint density at radius 2 is 1.62 bits per heavy atom. The molecule has 0 radical (unpaired) electrons. The van der Waals surface area contributed by atoms with E-state index in [2.05, 4.69) is 10.6 Å². The molecule has 7 heteroatoms. The number of carbonyl (C=O) groups excluding carboxylic acids is 3. The predicted octanol–water partition coefficient (Wildman–Crippen LogP) is 1.93. The molecule has 2 aromatic carbocycles. The molecule has 0 heterocycles. The maximum absolute atomic E-state index is 12.1. The summed E-state index contributed by atoms with van der Waals surface area (Å²) in [5.74, 6) is -0.770. The molecular formula is C17H18N4O3. The van der Waals surface area contributed by atoms with Crippen LogP contribution in [0.4, 0.5) is 16.2 Å². The van der Waals surface area contributed by atoms with Crippen LogP contribution in [0.3, 0.4) is 0 Å². The molecule has 0 aliphatic rings. The van der Waals surface area contributed by atoms with Crippen LogP contribution in [0, 0.1) is 0 Å². The molecule has 124 valence electrons. The Labute approximate surface area is 139 Å². The van der Waals surface area contributed by atoms with Crippen LogP contribution in [-0.4, -0.2) is 23.9 Å². The second-order valence-electron chi connectivity index (χ2n) is 5.12. The van der Waals surface area contributed by atoms with Gasteiger partial charge in [-0.1, -0.05) is 24.3 Å². The molecule has 0 fully saturated rings. The van der Waals surface area contributed by atoms with Gasteiger partial charge in [0, 0.05) is 16.9 Å². The number of hydrogen-bond donors (Lipinski definition) is 4. The monoisotopic (exact) mass is 326 g/mol. The Balaban J connectivity index is 2.02. The minimum absolute atomic E-state index is 0.229. The average molecular weight is 326 g/mol. The summed E-state index contributed by atoms with van der Waals surface area (Å²) in [4.78, 5) is 34.5. The second kappa shape index (κ2) is 7.77. The predicted molar refractivity (Wildman–Crippen MR) is 91.6 cm³/mol. The third-order valence-electron chi connectivity index (χ3n) is 3.18. The standard InChI is InChI=1S/C17H18N4O3/c1-11(15(22)21-17(18)24)19-13-8-5-9-14(10-13)20-16(23)12-6-3-2-4-7-12/h2-11,19H,1H3,(H,20,23)(H3,18,21,22,24)/t11-/m0/s1. The van der Waals surface area contributed by atoms with Crippen molar-refractivity contribution in [2.45, 2.75) is 13.0 Å². The lowest BCUT2D eigenvalue weighted by Crippen LogP contribution is -2.43. The fourth-order valence-electron chi connectivity index (χ4n) is 2.02. The quantitative estimate of drug-likeness (QED) is 0.672. The van der Waals surface area contributed by atoms with Crippen molar-refractivity contribution in [1.82, 2.24) is 5.32 Å². The molecule has 0 unspecified atom stereocenters. The number of nitrogens with one attached hydrogen (secondary N) is 3. The Bertz CT molecular complexity index is 747. The fourth-order valence-corrected chi connectivity index (χ4v) is 2.02. The van der Waals surface area contributed by atoms with Gasteiger partial charge in [0.1, 0.15) is 6.04 Å². The molecule has 0 saturated carbocycles. The van der Waals surface area contributed by atoms with Gasteiger partial charge < -0.3 is 16.4 Å². The molecule has 0 aliphatic heterocycles. The second-order valence-corrected chi connectivity index (χ2v) is 5.12. The van der Waals surface area contributed by atoms with E-state index in [9.17, 15) is 14.4 Å². The maximum Gasteiger partial charge on any atom is 0.318 e. The lowest BCUT2D eigenvalue weighted by atomic mass is 10.2. The number of nitrogens with two attached hydrogens (primary N) is 1. The van der Waals surface area contributed by atoms with Crippen molar-refractivity contribution in [3.8, 4) is 0 Å². The first-order chi connectivity index (χ1) is 11.5. The Morgan fingerprint density at radius 3 is 2.29 bits per heavy atom. The zero-order valence-electron chi connectivity index (χ0n) is 13.1.